The summed E-state index contributed by atoms with van der Waals surface area (Å²) in [4.78, 5) is 20.2. The van der Waals surface area contributed by atoms with E-state index in [9.17, 15) is 4.79 Å². The quantitative estimate of drug-likeness (QED) is 0.212. The number of aryl methyl sites for hydroxylation is 3. The third-order valence-electron chi connectivity index (χ3n) is 7.93. The predicted octanol–water partition coefficient (Wildman–Crippen LogP) is 5.28. The Morgan fingerprint density at radius 3 is 2.47 bits per heavy atom. The Bertz CT molecular complexity index is 1210. The third-order valence-corrected chi connectivity index (χ3v) is 7.93. The average molecular weight is 517 g/mol. The minimum absolute atomic E-state index is 0.0367. The number of nitrogens with two attached hydrogens (primary N) is 2. The van der Waals surface area contributed by atoms with E-state index in [0.29, 0.717) is 18.7 Å². The van der Waals surface area contributed by atoms with Crippen LogP contribution in [0.4, 0.5) is 0 Å². The van der Waals surface area contributed by atoms with Gasteiger partial charge in [-0.05, 0) is 48.9 Å². The molecule has 0 unspecified atom stereocenters. The summed E-state index contributed by atoms with van der Waals surface area (Å²) < 4.78 is 2.39. The summed E-state index contributed by atoms with van der Waals surface area (Å²) in [5.41, 5.74) is 16.1. The normalized spacial score (nSPS) is 14.2. The van der Waals surface area contributed by atoms with E-state index in [1.807, 2.05) is 41.3 Å². The molecule has 0 radical (unpaired) electrons. The second-order valence-electron chi connectivity index (χ2n) is 10.7. The molecule has 7 nitrogen and oxygen atoms in total. The van der Waals surface area contributed by atoms with Gasteiger partial charge < -0.3 is 20.9 Å². The van der Waals surface area contributed by atoms with Crippen LogP contribution in [-0.4, -0.2) is 45.8 Å². The number of hydrogen-bond acceptors (Lipinski definition) is 4. The van der Waals surface area contributed by atoms with Gasteiger partial charge in [-0.2, -0.15) is 0 Å². The Kier molecular flexibility index (Phi) is 9.93. The molecule has 0 aliphatic heterocycles. The maximum absolute atomic E-state index is 13.3. The summed E-state index contributed by atoms with van der Waals surface area (Å²) >= 11 is 0. The fourth-order valence-corrected chi connectivity index (χ4v) is 5.65. The number of nitrogens with zero attached hydrogens (tertiary/aromatic N) is 3. The molecule has 2 aromatic carbocycles. The van der Waals surface area contributed by atoms with E-state index in [4.69, 9.17) is 21.9 Å². The second kappa shape index (κ2) is 13.6. The zero-order chi connectivity index (χ0) is 26.9. The van der Waals surface area contributed by atoms with Gasteiger partial charge in [-0.25, -0.2) is 4.98 Å². The number of nitrogens with one attached hydrogen (secondary N) is 1. The molecule has 0 atom stereocenters. The van der Waals surface area contributed by atoms with Gasteiger partial charge in [-0.1, -0.05) is 69.7 Å². The summed E-state index contributed by atoms with van der Waals surface area (Å²) in [6.07, 6.45) is 11.6. The Balaban J connectivity index is 1.58. The van der Waals surface area contributed by atoms with Crippen molar-refractivity contribution in [3.05, 3.63) is 65.0 Å². The molecular formula is C31H44N6O. The molecule has 1 saturated carbocycles. The maximum Gasteiger partial charge on any atom is 0.253 e. The van der Waals surface area contributed by atoms with Gasteiger partial charge in [0.15, 0.2) is 0 Å². The van der Waals surface area contributed by atoms with E-state index >= 15 is 0 Å². The molecule has 0 bridgehead atoms. The molecular weight excluding hydrogens is 472 g/mol. The summed E-state index contributed by atoms with van der Waals surface area (Å²) in [5, 5.41) is 7.62. The van der Waals surface area contributed by atoms with Crippen LogP contribution in [0.2, 0.25) is 0 Å². The number of carbonyl (C=O) groups excluding carboxylic acids is 1. The SMILES string of the molecule is CCCCN(CCN)C(=O)c1ccc2c(c1)nc(CCc1ccc(C(=N)N)cc1)n2CCC1CCCCC1. The van der Waals surface area contributed by atoms with Gasteiger partial charge >= 0.3 is 0 Å². The van der Waals surface area contributed by atoms with E-state index < -0.39 is 0 Å². The van der Waals surface area contributed by atoms with Gasteiger partial charge in [0.25, 0.3) is 5.91 Å². The van der Waals surface area contributed by atoms with Crippen molar-refractivity contribution >= 4 is 22.8 Å². The fourth-order valence-electron chi connectivity index (χ4n) is 5.65. The number of benzene rings is 2. The number of aromatic nitrogens is 2. The lowest BCUT2D eigenvalue weighted by Crippen LogP contribution is -2.36. The molecule has 4 rings (SSSR count). The predicted molar refractivity (Wildman–Crippen MR) is 156 cm³/mol. The van der Waals surface area contributed by atoms with Crippen LogP contribution in [-0.2, 0) is 19.4 Å². The standard InChI is InChI=1S/C31H44N6O/c1-2-3-19-36(21-18-32)31(38)26-14-15-28-27(22-26)35-29(37(28)20-17-23-7-5-4-6-8-23)16-11-24-9-12-25(13-10-24)30(33)34/h9-10,12-15,22-23H,2-8,11,16-21,32H2,1H3,(H3,33,34). The average Bonchev–Trinajstić information content (AvgIpc) is 3.30. The van der Waals surface area contributed by atoms with Crippen molar-refractivity contribution in [3.63, 3.8) is 0 Å². The first-order valence-corrected chi connectivity index (χ1v) is 14.4. The lowest BCUT2D eigenvalue weighted by atomic mass is 9.87. The first-order chi connectivity index (χ1) is 18.5. The molecule has 0 saturated heterocycles. The summed E-state index contributed by atoms with van der Waals surface area (Å²) in [6.45, 7) is 4.86. The van der Waals surface area contributed by atoms with Crippen molar-refractivity contribution in [3.8, 4) is 0 Å². The molecule has 1 aliphatic rings. The number of amides is 1. The molecule has 1 aliphatic carbocycles. The molecule has 1 fully saturated rings. The molecule has 0 spiro atoms. The van der Waals surface area contributed by atoms with Gasteiger partial charge in [0.1, 0.15) is 11.7 Å². The molecule has 7 heteroatoms. The van der Waals surface area contributed by atoms with Gasteiger partial charge in [0.05, 0.1) is 11.0 Å². The minimum atomic E-state index is 0.0367. The summed E-state index contributed by atoms with van der Waals surface area (Å²) in [7, 11) is 0. The smallest absolute Gasteiger partial charge is 0.253 e. The molecule has 204 valence electrons. The van der Waals surface area contributed by atoms with Crippen molar-refractivity contribution < 1.29 is 4.79 Å². The number of unbranched alkanes of at least 4 members (excludes halogenated alkanes) is 1. The number of hydrogen-bond donors (Lipinski definition) is 3. The van der Waals surface area contributed by atoms with E-state index in [-0.39, 0.29) is 11.7 Å². The van der Waals surface area contributed by atoms with Crippen LogP contribution < -0.4 is 11.5 Å². The minimum Gasteiger partial charge on any atom is -0.384 e. The van der Waals surface area contributed by atoms with Crippen LogP contribution in [0.5, 0.6) is 0 Å². The molecule has 38 heavy (non-hydrogen) atoms. The number of rotatable bonds is 13. The van der Waals surface area contributed by atoms with Crippen LogP contribution in [0.3, 0.4) is 0 Å². The number of amidine groups is 1. The highest BCUT2D eigenvalue weighted by Gasteiger charge is 2.19. The monoisotopic (exact) mass is 516 g/mol. The number of carbonyl (C=O) groups is 1. The third kappa shape index (κ3) is 7.01. The lowest BCUT2D eigenvalue weighted by Gasteiger charge is -2.22. The van der Waals surface area contributed by atoms with Crippen molar-refractivity contribution in [1.82, 2.24) is 14.5 Å². The molecule has 1 amide bonds. The van der Waals surface area contributed by atoms with Gasteiger partial charge in [-0.15, -0.1) is 0 Å². The Hall–Kier alpha value is -3.19. The fraction of sp³-hybridized carbons (Fsp3) is 0.516. The number of imidazole rings is 1. The Morgan fingerprint density at radius 2 is 1.79 bits per heavy atom. The highest BCUT2D eigenvalue weighted by molar-refractivity contribution is 5.97. The van der Waals surface area contributed by atoms with E-state index in [1.165, 1.54) is 44.1 Å². The van der Waals surface area contributed by atoms with Crippen molar-refractivity contribution in [1.29, 1.82) is 5.41 Å². The zero-order valence-corrected chi connectivity index (χ0v) is 22.9. The van der Waals surface area contributed by atoms with Crippen LogP contribution >= 0.6 is 0 Å². The topological polar surface area (TPSA) is 114 Å². The van der Waals surface area contributed by atoms with E-state index in [2.05, 4.69) is 17.6 Å². The van der Waals surface area contributed by atoms with E-state index in [1.54, 1.807) is 0 Å². The zero-order valence-electron chi connectivity index (χ0n) is 22.9. The maximum atomic E-state index is 13.3. The Labute approximate surface area is 227 Å². The van der Waals surface area contributed by atoms with E-state index in [0.717, 1.165) is 67.1 Å². The number of fused-ring (bicyclic) bond motifs is 1. The van der Waals surface area contributed by atoms with Crippen LogP contribution in [0.25, 0.3) is 11.0 Å². The lowest BCUT2D eigenvalue weighted by molar-refractivity contribution is 0.0758. The Morgan fingerprint density at radius 1 is 1.05 bits per heavy atom. The second-order valence-corrected chi connectivity index (χ2v) is 10.7. The van der Waals surface area contributed by atoms with Crippen molar-refractivity contribution in [2.75, 3.05) is 19.6 Å². The number of nitrogen functional groups attached to an aromatic ring is 1. The highest BCUT2D eigenvalue weighted by atomic mass is 16.2. The summed E-state index contributed by atoms with van der Waals surface area (Å²) in [5.74, 6) is 1.99. The molecule has 1 aromatic heterocycles. The van der Waals surface area contributed by atoms with Crippen LogP contribution in [0, 0.1) is 11.3 Å². The highest BCUT2D eigenvalue weighted by Crippen LogP contribution is 2.28. The summed E-state index contributed by atoms with van der Waals surface area (Å²) in [6, 6.07) is 13.9. The molecule has 1 heterocycles. The molecule has 5 N–H and O–H groups in total. The van der Waals surface area contributed by atoms with Gasteiger partial charge in [0, 0.05) is 43.7 Å². The molecule has 3 aromatic rings. The first kappa shape index (κ1) is 27.8. The van der Waals surface area contributed by atoms with Crippen LogP contribution in [0.15, 0.2) is 42.5 Å². The van der Waals surface area contributed by atoms with Crippen LogP contribution in [0.1, 0.15) is 85.6 Å². The van der Waals surface area contributed by atoms with Gasteiger partial charge in [-0.3, -0.25) is 10.2 Å². The first-order valence-electron chi connectivity index (χ1n) is 14.4. The van der Waals surface area contributed by atoms with Gasteiger partial charge in [0.2, 0.25) is 0 Å². The largest absolute Gasteiger partial charge is 0.384 e. The van der Waals surface area contributed by atoms with Crippen molar-refractivity contribution in [2.24, 2.45) is 17.4 Å². The van der Waals surface area contributed by atoms with Crippen molar-refractivity contribution in [2.45, 2.75) is 77.7 Å².